The monoisotopic (exact) mass is 204 g/mol. The minimum absolute atomic E-state index is 0.129. The Morgan fingerprint density at radius 1 is 1.46 bits per heavy atom. The zero-order valence-electron chi connectivity index (χ0n) is 8.72. The molecule has 0 saturated heterocycles. The minimum Gasteiger partial charge on any atom is -0.356 e. The van der Waals surface area contributed by atoms with Crippen LogP contribution in [0.4, 0.5) is 0 Å². The third kappa shape index (κ3) is 6.90. The number of carbonyl (C=O) groups excluding carboxylic acids is 1. The van der Waals surface area contributed by atoms with Gasteiger partial charge in [0.25, 0.3) is 0 Å². The van der Waals surface area contributed by atoms with Crippen molar-refractivity contribution in [3.8, 4) is 0 Å². The van der Waals surface area contributed by atoms with Gasteiger partial charge in [-0.05, 0) is 26.3 Å². The van der Waals surface area contributed by atoms with Crippen LogP contribution in [0.25, 0.3) is 0 Å². The summed E-state index contributed by atoms with van der Waals surface area (Å²) in [6.07, 6.45) is 3.01. The van der Waals surface area contributed by atoms with Crippen molar-refractivity contribution in [3.05, 3.63) is 0 Å². The van der Waals surface area contributed by atoms with Crippen LogP contribution in [0.3, 0.4) is 0 Å². The van der Waals surface area contributed by atoms with E-state index < -0.39 is 0 Å². The van der Waals surface area contributed by atoms with Gasteiger partial charge >= 0.3 is 0 Å². The molecule has 0 rings (SSSR count). The lowest BCUT2D eigenvalue weighted by Gasteiger charge is -2.10. The van der Waals surface area contributed by atoms with Gasteiger partial charge in [0.15, 0.2) is 0 Å². The van der Waals surface area contributed by atoms with Gasteiger partial charge in [0.2, 0.25) is 5.91 Å². The highest BCUT2D eigenvalue weighted by atomic mass is 32.2. The fourth-order valence-corrected chi connectivity index (χ4v) is 1.63. The molecule has 2 N–H and O–H groups in total. The van der Waals surface area contributed by atoms with Crippen molar-refractivity contribution in [2.75, 3.05) is 32.1 Å². The smallest absolute Gasteiger partial charge is 0.223 e. The van der Waals surface area contributed by atoms with Crippen molar-refractivity contribution >= 4 is 17.7 Å². The zero-order valence-corrected chi connectivity index (χ0v) is 9.54. The first kappa shape index (κ1) is 12.8. The Bertz CT molecular complexity index is 142. The maximum Gasteiger partial charge on any atom is 0.223 e. The van der Waals surface area contributed by atoms with Crippen molar-refractivity contribution in [1.29, 1.82) is 0 Å². The molecule has 0 bridgehead atoms. The molecule has 0 unspecified atom stereocenters. The van der Waals surface area contributed by atoms with Crippen molar-refractivity contribution in [1.82, 2.24) is 10.6 Å². The molecular formula is C9H20N2OS. The topological polar surface area (TPSA) is 41.1 Å². The molecule has 3 nitrogen and oxygen atoms in total. The average Bonchev–Trinajstić information content (AvgIpc) is 2.12. The molecule has 0 aliphatic heterocycles. The van der Waals surface area contributed by atoms with Gasteiger partial charge in [-0.25, -0.2) is 0 Å². The Balaban J connectivity index is 3.38. The Hall–Kier alpha value is -0.220. The van der Waals surface area contributed by atoms with E-state index in [0.29, 0.717) is 0 Å². The van der Waals surface area contributed by atoms with E-state index in [1.807, 2.05) is 20.2 Å². The van der Waals surface area contributed by atoms with Gasteiger partial charge in [-0.15, -0.1) is 0 Å². The summed E-state index contributed by atoms with van der Waals surface area (Å²) in [5, 5.41) is 5.95. The summed E-state index contributed by atoms with van der Waals surface area (Å²) in [5.41, 5.74) is 0. The highest BCUT2D eigenvalue weighted by Gasteiger charge is 2.10. The van der Waals surface area contributed by atoms with E-state index in [-0.39, 0.29) is 11.8 Å². The summed E-state index contributed by atoms with van der Waals surface area (Å²) < 4.78 is 0. The standard InChI is InChI=1S/C9H20N2OS/c1-8(7-13-3)9(12)11-6-4-5-10-2/h8,10H,4-7H2,1-3H3,(H,11,12)/t8-/m0/s1. The molecule has 0 fully saturated rings. The van der Waals surface area contributed by atoms with Crippen LogP contribution in [0, 0.1) is 5.92 Å². The predicted octanol–water partition coefficient (Wildman–Crippen LogP) is 0.711. The molecule has 0 spiro atoms. The molecule has 0 heterocycles. The van der Waals surface area contributed by atoms with Gasteiger partial charge in [-0.3, -0.25) is 4.79 Å². The molecule has 1 atom stereocenters. The molecule has 13 heavy (non-hydrogen) atoms. The number of amides is 1. The third-order valence-electron chi connectivity index (χ3n) is 1.77. The number of carbonyl (C=O) groups is 1. The molecule has 1 amide bonds. The van der Waals surface area contributed by atoms with Crippen LogP contribution >= 0.6 is 11.8 Å². The fraction of sp³-hybridized carbons (Fsp3) is 0.889. The van der Waals surface area contributed by atoms with Crippen molar-refractivity contribution in [2.45, 2.75) is 13.3 Å². The molecule has 0 aliphatic rings. The molecule has 0 radical (unpaired) electrons. The fourth-order valence-electron chi connectivity index (χ4n) is 0.977. The van der Waals surface area contributed by atoms with Gasteiger partial charge in [-0.1, -0.05) is 6.92 Å². The van der Waals surface area contributed by atoms with Crippen molar-refractivity contribution < 1.29 is 4.79 Å². The van der Waals surface area contributed by atoms with Crippen molar-refractivity contribution in [2.24, 2.45) is 5.92 Å². The Labute approximate surface area is 85.0 Å². The Morgan fingerprint density at radius 2 is 2.15 bits per heavy atom. The molecule has 0 aromatic heterocycles. The van der Waals surface area contributed by atoms with Crippen LogP contribution in [0.2, 0.25) is 0 Å². The first-order chi connectivity index (χ1) is 6.22. The SMILES string of the molecule is CNCCCNC(=O)[C@@H](C)CSC. The third-order valence-corrected chi connectivity index (χ3v) is 2.60. The molecule has 0 aliphatic carbocycles. The molecule has 0 aromatic carbocycles. The normalized spacial score (nSPS) is 12.5. The lowest BCUT2D eigenvalue weighted by Crippen LogP contribution is -2.32. The lowest BCUT2D eigenvalue weighted by molar-refractivity contribution is -0.123. The van der Waals surface area contributed by atoms with E-state index in [4.69, 9.17) is 0 Å². The lowest BCUT2D eigenvalue weighted by atomic mass is 10.2. The predicted molar refractivity (Wildman–Crippen MR) is 59.1 cm³/mol. The van der Waals surface area contributed by atoms with E-state index in [2.05, 4.69) is 10.6 Å². The van der Waals surface area contributed by atoms with Gasteiger partial charge < -0.3 is 10.6 Å². The van der Waals surface area contributed by atoms with E-state index in [1.165, 1.54) is 0 Å². The van der Waals surface area contributed by atoms with Gasteiger partial charge in [0.05, 0.1) is 0 Å². The number of thioether (sulfide) groups is 1. The van der Waals surface area contributed by atoms with E-state index >= 15 is 0 Å². The first-order valence-electron chi connectivity index (χ1n) is 4.63. The van der Waals surface area contributed by atoms with Crippen LogP contribution < -0.4 is 10.6 Å². The minimum atomic E-state index is 0.129. The second-order valence-corrected chi connectivity index (χ2v) is 4.02. The summed E-state index contributed by atoms with van der Waals surface area (Å²) in [6, 6.07) is 0. The van der Waals surface area contributed by atoms with E-state index in [0.717, 1.165) is 25.3 Å². The molecule has 4 heteroatoms. The van der Waals surface area contributed by atoms with Crippen LogP contribution in [0.5, 0.6) is 0 Å². The summed E-state index contributed by atoms with van der Waals surface area (Å²) >= 11 is 1.71. The van der Waals surface area contributed by atoms with Crippen LogP contribution in [-0.2, 0) is 4.79 Å². The zero-order chi connectivity index (χ0) is 10.1. The molecule has 0 aromatic rings. The highest BCUT2D eigenvalue weighted by molar-refractivity contribution is 7.98. The summed E-state index contributed by atoms with van der Waals surface area (Å²) in [4.78, 5) is 11.4. The number of nitrogens with one attached hydrogen (secondary N) is 2. The van der Waals surface area contributed by atoms with E-state index in [1.54, 1.807) is 11.8 Å². The Morgan fingerprint density at radius 3 is 2.69 bits per heavy atom. The molecule has 78 valence electrons. The van der Waals surface area contributed by atoms with Crippen LogP contribution in [-0.4, -0.2) is 38.1 Å². The van der Waals surface area contributed by atoms with Gasteiger partial charge in [0.1, 0.15) is 0 Å². The maximum absolute atomic E-state index is 11.4. The second-order valence-electron chi connectivity index (χ2n) is 3.10. The second kappa shape index (κ2) is 8.38. The average molecular weight is 204 g/mol. The summed E-state index contributed by atoms with van der Waals surface area (Å²) in [5.74, 6) is 1.20. The number of hydrogen-bond donors (Lipinski definition) is 2. The number of hydrogen-bond acceptors (Lipinski definition) is 3. The first-order valence-corrected chi connectivity index (χ1v) is 6.03. The van der Waals surface area contributed by atoms with Crippen LogP contribution in [0.1, 0.15) is 13.3 Å². The maximum atomic E-state index is 11.4. The van der Waals surface area contributed by atoms with E-state index in [9.17, 15) is 4.79 Å². The largest absolute Gasteiger partial charge is 0.356 e. The summed E-state index contributed by atoms with van der Waals surface area (Å²) in [7, 11) is 1.91. The van der Waals surface area contributed by atoms with Gasteiger partial charge in [0, 0.05) is 18.2 Å². The Kier molecular flexibility index (Phi) is 8.24. The highest BCUT2D eigenvalue weighted by Crippen LogP contribution is 2.03. The quantitative estimate of drug-likeness (QED) is 0.600. The molecular weight excluding hydrogens is 184 g/mol. The number of rotatable bonds is 7. The summed E-state index contributed by atoms with van der Waals surface area (Å²) in [6.45, 7) is 3.69. The van der Waals surface area contributed by atoms with Gasteiger partial charge in [-0.2, -0.15) is 11.8 Å². The molecule has 0 saturated carbocycles. The van der Waals surface area contributed by atoms with Crippen molar-refractivity contribution in [3.63, 3.8) is 0 Å². The van der Waals surface area contributed by atoms with Crippen LogP contribution in [0.15, 0.2) is 0 Å².